The molecule has 5 rings (SSSR count). The predicted molar refractivity (Wildman–Crippen MR) is 92.7 cm³/mol. The van der Waals surface area contributed by atoms with Crippen LogP contribution in [0.5, 0.6) is 0 Å². The highest BCUT2D eigenvalue weighted by atomic mass is 14.5. The molecule has 5 saturated carbocycles. The molecular weight excluding hydrogens is 264 g/mol. The molecule has 2 unspecified atom stereocenters. The van der Waals surface area contributed by atoms with Gasteiger partial charge in [0.1, 0.15) is 0 Å². The van der Waals surface area contributed by atoms with Crippen molar-refractivity contribution in [2.75, 3.05) is 0 Å². The highest BCUT2D eigenvalue weighted by Gasteiger charge is 2.48. The predicted octanol–water partition coefficient (Wildman–Crippen LogP) is 6.73. The van der Waals surface area contributed by atoms with Crippen LogP contribution >= 0.6 is 0 Å². The van der Waals surface area contributed by atoms with E-state index in [0.717, 1.165) is 34.5 Å². The van der Waals surface area contributed by atoms with Crippen LogP contribution in [0.4, 0.5) is 0 Å². The first-order valence-electron chi connectivity index (χ1n) is 10.7. The molecule has 124 valence electrons. The van der Waals surface area contributed by atoms with Gasteiger partial charge in [-0.2, -0.15) is 0 Å². The van der Waals surface area contributed by atoms with E-state index in [-0.39, 0.29) is 0 Å². The fourth-order valence-corrected chi connectivity index (χ4v) is 8.19. The first-order valence-corrected chi connectivity index (χ1v) is 10.7. The molecule has 0 aromatic carbocycles. The summed E-state index contributed by atoms with van der Waals surface area (Å²) in [5.74, 6) is 4.52. The van der Waals surface area contributed by atoms with Crippen LogP contribution in [-0.2, 0) is 0 Å². The Hall–Kier alpha value is 0. The van der Waals surface area contributed by atoms with Gasteiger partial charge in [0.2, 0.25) is 0 Å². The van der Waals surface area contributed by atoms with Gasteiger partial charge in [-0.25, -0.2) is 0 Å². The molecular formula is C22H36. The lowest BCUT2D eigenvalue weighted by Gasteiger charge is -2.39. The lowest BCUT2D eigenvalue weighted by atomic mass is 9.67. The van der Waals surface area contributed by atoms with E-state index < -0.39 is 0 Å². The van der Waals surface area contributed by atoms with Crippen LogP contribution in [0.15, 0.2) is 0 Å². The summed E-state index contributed by atoms with van der Waals surface area (Å²) >= 11 is 0. The summed E-state index contributed by atoms with van der Waals surface area (Å²) in [6.45, 7) is 0. The van der Waals surface area contributed by atoms with Crippen LogP contribution in [0.3, 0.4) is 0 Å². The summed E-state index contributed by atoms with van der Waals surface area (Å²) in [5.41, 5.74) is 1.70. The molecule has 0 aromatic rings. The van der Waals surface area contributed by atoms with Gasteiger partial charge in [0.25, 0.3) is 0 Å². The number of hydrogen-bond acceptors (Lipinski definition) is 0. The van der Waals surface area contributed by atoms with E-state index in [1.165, 1.54) is 0 Å². The zero-order valence-corrected chi connectivity index (χ0v) is 14.6. The SMILES string of the molecule is C1CC(CC23CCC(CC2)C3)CC(CC23CCC(CC2)C3)C1. The van der Waals surface area contributed by atoms with Gasteiger partial charge in [-0.1, -0.05) is 19.3 Å². The van der Waals surface area contributed by atoms with Gasteiger partial charge in [-0.15, -0.1) is 0 Å². The summed E-state index contributed by atoms with van der Waals surface area (Å²) < 4.78 is 0. The summed E-state index contributed by atoms with van der Waals surface area (Å²) in [6.07, 6.45) is 25.6. The maximum atomic E-state index is 1.63. The summed E-state index contributed by atoms with van der Waals surface area (Å²) in [7, 11) is 0. The molecule has 0 heterocycles. The van der Waals surface area contributed by atoms with E-state index in [1.54, 1.807) is 103 Å². The topological polar surface area (TPSA) is 0 Å². The Morgan fingerprint density at radius 2 is 1.05 bits per heavy atom. The van der Waals surface area contributed by atoms with Crippen LogP contribution in [0.25, 0.3) is 0 Å². The Morgan fingerprint density at radius 1 is 0.591 bits per heavy atom. The molecule has 5 fully saturated rings. The number of hydrogen-bond donors (Lipinski definition) is 0. The summed E-state index contributed by atoms with van der Waals surface area (Å²) in [6, 6.07) is 0. The lowest BCUT2D eigenvalue weighted by Crippen LogP contribution is -2.27. The lowest BCUT2D eigenvalue weighted by molar-refractivity contribution is 0.126. The second-order valence-electron chi connectivity index (χ2n) is 10.6. The molecule has 0 saturated heterocycles. The van der Waals surface area contributed by atoms with Crippen molar-refractivity contribution in [2.24, 2.45) is 34.5 Å². The third-order valence-corrected chi connectivity index (χ3v) is 9.11. The van der Waals surface area contributed by atoms with E-state index in [4.69, 9.17) is 0 Å². The molecule has 0 aliphatic heterocycles. The summed E-state index contributed by atoms with van der Waals surface area (Å²) in [5, 5.41) is 0. The maximum absolute atomic E-state index is 1.63. The zero-order valence-electron chi connectivity index (χ0n) is 14.6. The Morgan fingerprint density at radius 3 is 1.41 bits per heavy atom. The number of fused-ring (bicyclic) bond motifs is 4. The molecule has 0 spiro atoms. The fourth-order valence-electron chi connectivity index (χ4n) is 8.19. The van der Waals surface area contributed by atoms with Gasteiger partial charge >= 0.3 is 0 Å². The average Bonchev–Trinajstić information content (AvgIpc) is 3.26. The van der Waals surface area contributed by atoms with Crippen molar-refractivity contribution < 1.29 is 0 Å². The molecule has 2 atom stereocenters. The van der Waals surface area contributed by atoms with Gasteiger partial charge in [0, 0.05) is 0 Å². The minimum atomic E-state index is 0.849. The molecule has 5 aliphatic carbocycles. The molecule has 4 bridgehead atoms. The standard InChI is InChI=1S/C22H36/c1-2-19(15-21-8-4-17(13-21)5-9-21)12-20(3-1)16-22-10-6-18(14-22)7-11-22/h17-20H,1-16H2. The first-order chi connectivity index (χ1) is 10.7. The van der Waals surface area contributed by atoms with E-state index in [9.17, 15) is 0 Å². The molecule has 0 radical (unpaired) electrons. The fraction of sp³-hybridized carbons (Fsp3) is 1.00. The van der Waals surface area contributed by atoms with Gasteiger partial charge in [0.15, 0.2) is 0 Å². The van der Waals surface area contributed by atoms with Crippen LogP contribution in [0.1, 0.15) is 103 Å². The van der Waals surface area contributed by atoms with Crippen molar-refractivity contribution in [3.8, 4) is 0 Å². The van der Waals surface area contributed by atoms with Crippen molar-refractivity contribution in [3.05, 3.63) is 0 Å². The smallest absolute Gasteiger partial charge is 0.0292 e. The van der Waals surface area contributed by atoms with Crippen molar-refractivity contribution >= 4 is 0 Å². The Balaban J connectivity index is 1.20. The van der Waals surface area contributed by atoms with Crippen LogP contribution in [0.2, 0.25) is 0 Å². The maximum Gasteiger partial charge on any atom is -0.0292 e. The Kier molecular flexibility index (Phi) is 3.42. The highest BCUT2D eigenvalue weighted by molar-refractivity contribution is 4.99. The van der Waals surface area contributed by atoms with Crippen molar-refractivity contribution in [2.45, 2.75) is 103 Å². The minimum Gasteiger partial charge on any atom is -0.0528 e. The first kappa shape index (κ1) is 14.4. The Bertz CT molecular complexity index is 368. The third-order valence-electron chi connectivity index (χ3n) is 9.11. The van der Waals surface area contributed by atoms with E-state index in [2.05, 4.69) is 0 Å². The second kappa shape index (κ2) is 5.25. The van der Waals surface area contributed by atoms with E-state index in [0.29, 0.717) is 0 Å². The van der Waals surface area contributed by atoms with Gasteiger partial charge in [-0.05, 0) is 118 Å². The minimum absolute atomic E-state index is 0.849. The van der Waals surface area contributed by atoms with Crippen LogP contribution in [-0.4, -0.2) is 0 Å². The normalized spacial score (nSPS) is 53.5. The van der Waals surface area contributed by atoms with Gasteiger partial charge in [0.05, 0.1) is 0 Å². The quantitative estimate of drug-likeness (QED) is 0.539. The van der Waals surface area contributed by atoms with Gasteiger partial charge in [-0.3, -0.25) is 0 Å². The molecule has 0 amide bonds. The molecule has 22 heavy (non-hydrogen) atoms. The molecule has 0 heteroatoms. The number of rotatable bonds is 4. The molecule has 5 aliphatic rings. The average molecular weight is 301 g/mol. The molecule has 0 N–H and O–H groups in total. The van der Waals surface area contributed by atoms with Gasteiger partial charge < -0.3 is 0 Å². The molecule has 0 aromatic heterocycles. The highest BCUT2D eigenvalue weighted by Crippen LogP contribution is 2.60. The third kappa shape index (κ3) is 2.48. The Labute approximate surface area is 137 Å². The van der Waals surface area contributed by atoms with Crippen molar-refractivity contribution in [3.63, 3.8) is 0 Å². The van der Waals surface area contributed by atoms with Crippen LogP contribution < -0.4 is 0 Å². The largest absolute Gasteiger partial charge is 0.0528 e. The van der Waals surface area contributed by atoms with Crippen molar-refractivity contribution in [1.29, 1.82) is 0 Å². The monoisotopic (exact) mass is 300 g/mol. The zero-order chi connectivity index (χ0) is 14.6. The van der Waals surface area contributed by atoms with Crippen LogP contribution in [0, 0.1) is 34.5 Å². The molecule has 0 nitrogen and oxygen atoms in total. The summed E-state index contributed by atoms with van der Waals surface area (Å²) in [4.78, 5) is 0. The second-order valence-corrected chi connectivity index (χ2v) is 10.6. The van der Waals surface area contributed by atoms with Crippen molar-refractivity contribution in [1.82, 2.24) is 0 Å². The van der Waals surface area contributed by atoms with E-state index in [1.807, 2.05) is 0 Å². The van der Waals surface area contributed by atoms with E-state index >= 15 is 0 Å².